The fourth-order valence-electron chi connectivity index (χ4n) is 2.63. The van der Waals surface area contributed by atoms with E-state index < -0.39 is 27.9 Å². The number of carbonyl (C=O) groups excluding carboxylic acids is 2. The minimum Gasteiger partial charge on any atom is -0.465 e. The summed E-state index contributed by atoms with van der Waals surface area (Å²) in [5.74, 6) is -0.975. The topological polar surface area (TPSA) is 92.8 Å². The van der Waals surface area contributed by atoms with Gasteiger partial charge in [-0.2, -0.15) is 0 Å². The number of anilines is 2. The van der Waals surface area contributed by atoms with E-state index in [1.165, 1.54) is 26.2 Å². The monoisotopic (exact) mass is 390 g/mol. The molecule has 2 aromatic carbocycles. The molecule has 2 rings (SSSR count). The van der Waals surface area contributed by atoms with Crippen LogP contribution in [-0.4, -0.2) is 39.7 Å². The Kier molecular flexibility index (Phi) is 6.22. The third-order valence-electron chi connectivity index (χ3n) is 3.92. The smallest absolute Gasteiger partial charge is 0.337 e. The summed E-state index contributed by atoms with van der Waals surface area (Å²) in [7, 11) is -2.40. The average molecular weight is 390 g/mol. The third-order valence-corrected chi connectivity index (χ3v) is 5.16. The van der Waals surface area contributed by atoms with E-state index in [0.29, 0.717) is 16.9 Å². The summed E-state index contributed by atoms with van der Waals surface area (Å²) >= 11 is 0. The maximum absolute atomic E-state index is 12.6. The molecular formula is C19H22N2O5S. The van der Waals surface area contributed by atoms with E-state index in [4.69, 9.17) is 0 Å². The molecule has 0 saturated carbocycles. The van der Waals surface area contributed by atoms with Gasteiger partial charge in [0, 0.05) is 5.69 Å². The number of sulfonamides is 1. The highest BCUT2D eigenvalue weighted by Gasteiger charge is 2.29. The van der Waals surface area contributed by atoms with Crippen molar-refractivity contribution < 1.29 is 22.7 Å². The van der Waals surface area contributed by atoms with Crippen molar-refractivity contribution in [1.82, 2.24) is 0 Å². The van der Waals surface area contributed by atoms with Crippen LogP contribution in [0.15, 0.2) is 48.5 Å². The first kappa shape index (κ1) is 20.4. The molecule has 8 heteroatoms. The SMILES string of the molecule is COC(=O)c1ccc(NC(=O)[C@@H](C)N(c2cccc(C)c2)S(C)(=O)=O)cc1. The Hall–Kier alpha value is -2.87. The van der Waals surface area contributed by atoms with Gasteiger partial charge in [0.05, 0.1) is 24.6 Å². The zero-order valence-electron chi connectivity index (χ0n) is 15.6. The lowest BCUT2D eigenvalue weighted by Crippen LogP contribution is -2.45. The molecule has 1 amide bonds. The Morgan fingerprint density at radius 1 is 1.11 bits per heavy atom. The van der Waals surface area contributed by atoms with Crippen LogP contribution in [0.25, 0.3) is 0 Å². The molecule has 0 radical (unpaired) electrons. The molecule has 0 aliphatic heterocycles. The summed E-state index contributed by atoms with van der Waals surface area (Å²) in [4.78, 5) is 24.1. The molecule has 0 spiro atoms. The quantitative estimate of drug-likeness (QED) is 0.765. The number of aryl methyl sites for hydroxylation is 1. The molecule has 0 aliphatic rings. The number of rotatable bonds is 6. The van der Waals surface area contributed by atoms with Crippen LogP contribution < -0.4 is 9.62 Å². The summed E-state index contributed by atoms with van der Waals surface area (Å²) in [5.41, 5.74) is 2.09. The van der Waals surface area contributed by atoms with Crippen molar-refractivity contribution in [2.24, 2.45) is 0 Å². The van der Waals surface area contributed by atoms with Gasteiger partial charge in [-0.05, 0) is 55.8 Å². The van der Waals surface area contributed by atoms with Crippen LogP contribution in [0.2, 0.25) is 0 Å². The fourth-order valence-corrected chi connectivity index (χ4v) is 3.79. The number of nitrogens with one attached hydrogen (secondary N) is 1. The van der Waals surface area contributed by atoms with Crippen molar-refractivity contribution in [2.75, 3.05) is 23.0 Å². The van der Waals surface area contributed by atoms with Gasteiger partial charge in [-0.1, -0.05) is 12.1 Å². The second kappa shape index (κ2) is 8.22. The van der Waals surface area contributed by atoms with Crippen LogP contribution in [0.4, 0.5) is 11.4 Å². The maximum atomic E-state index is 12.6. The van der Waals surface area contributed by atoms with Gasteiger partial charge < -0.3 is 10.1 Å². The molecule has 0 fully saturated rings. The largest absolute Gasteiger partial charge is 0.465 e. The highest BCUT2D eigenvalue weighted by atomic mass is 32.2. The molecular weight excluding hydrogens is 368 g/mol. The minimum absolute atomic E-state index is 0.348. The van der Waals surface area contributed by atoms with E-state index in [2.05, 4.69) is 10.1 Å². The van der Waals surface area contributed by atoms with Gasteiger partial charge in [0.2, 0.25) is 15.9 Å². The number of methoxy groups -OCH3 is 1. The molecule has 0 aliphatic carbocycles. The number of benzene rings is 2. The first-order chi connectivity index (χ1) is 12.6. The number of hydrogen-bond donors (Lipinski definition) is 1. The van der Waals surface area contributed by atoms with E-state index in [1.54, 1.807) is 30.3 Å². The Morgan fingerprint density at radius 2 is 1.74 bits per heavy atom. The van der Waals surface area contributed by atoms with Gasteiger partial charge in [0.25, 0.3) is 0 Å². The molecule has 0 saturated heterocycles. The van der Waals surface area contributed by atoms with Crippen LogP contribution in [0.1, 0.15) is 22.8 Å². The highest BCUT2D eigenvalue weighted by Crippen LogP contribution is 2.22. The van der Waals surface area contributed by atoms with Crippen LogP contribution in [-0.2, 0) is 19.6 Å². The molecule has 0 unspecified atom stereocenters. The van der Waals surface area contributed by atoms with Crippen molar-refractivity contribution in [2.45, 2.75) is 19.9 Å². The Morgan fingerprint density at radius 3 is 2.26 bits per heavy atom. The molecule has 2 aromatic rings. The summed E-state index contributed by atoms with van der Waals surface area (Å²) < 4.78 is 30.3. The Bertz CT molecular complexity index is 939. The first-order valence-electron chi connectivity index (χ1n) is 8.19. The van der Waals surface area contributed by atoms with Gasteiger partial charge in [0.1, 0.15) is 6.04 Å². The number of nitrogens with zero attached hydrogens (tertiary/aromatic N) is 1. The summed E-state index contributed by atoms with van der Waals surface area (Å²) in [6.45, 7) is 3.36. The van der Waals surface area contributed by atoms with Gasteiger partial charge in [-0.15, -0.1) is 0 Å². The number of esters is 1. The summed E-state index contributed by atoms with van der Waals surface area (Å²) in [6, 6.07) is 12.1. The number of amides is 1. The van der Waals surface area contributed by atoms with E-state index in [1.807, 2.05) is 13.0 Å². The number of ether oxygens (including phenoxy) is 1. The number of hydrogen-bond acceptors (Lipinski definition) is 5. The molecule has 0 aromatic heterocycles. The van der Waals surface area contributed by atoms with Crippen LogP contribution in [0, 0.1) is 6.92 Å². The van der Waals surface area contributed by atoms with Gasteiger partial charge in [-0.25, -0.2) is 13.2 Å². The summed E-state index contributed by atoms with van der Waals surface area (Å²) in [5, 5.41) is 2.67. The van der Waals surface area contributed by atoms with E-state index in [0.717, 1.165) is 16.1 Å². The minimum atomic E-state index is -3.68. The lowest BCUT2D eigenvalue weighted by atomic mass is 10.2. The molecule has 1 N–H and O–H groups in total. The van der Waals surface area contributed by atoms with Crippen molar-refractivity contribution in [3.8, 4) is 0 Å². The van der Waals surface area contributed by atoms with Crippen LogP contribution >= 0.6 is 0 Å². The molecule has 1 atom stereocenters. The van der Waals surface area contributed by atoms with E-state index >= 15 is 0 Å². The standard InChI is InChI=1S/C19H22N2O5S/c1-13-6-5-7-17(12-13)21(27(4,24)25)14(2)18(22)20-16-10-8-15(9-11-16)19(23)26-3/h5-12,14H,1-4H3,(H,20,22)/t14-/m1/s1. The third kappa shape index (κ3) is 5.07. The predicted octanol–water partition coefficient (Wildman–Crippen LogP) is 2.57. The average Bonchev–Trinajstić information content (AvgIpc) is 2.60. The van der Waals surface area contributed by atoms with Crippen LogP contribution in [0.3, 0.4) is 0 Å². The first-order valence-corrected chi connectivity index (χ1v) is 10.0. The lowest BCUT2D eigenvalue weighted by Gasteiger charge is -2.28. The molecule has 144 valence electrons. The lowest BCUT2D eigenvalue weighted by molar-refractivity contribution is -0.116. The number of carbonyl (C=O) groups is 2. The fraction of sp³-hybridized carbons (Fsp3) is 0.263. The Labute approximate surface area is 159 Å². The zero-order chi connectivity index (χ0) is 20.2. The second-order valence-electron chi connectivity index (χ2n) is 6.13. The molecule has 27 heavy (non-hydrogen) atoms. The maximum Gasteiger partial charge on any atom is 0.337 e. The van der Waals surface area contributed by atoms with Crippen molar-refractivity contribution >= 4 is 33.3 Å². The highest BCUT2D eigenvalue weighted by molar-refractivity contribution is 7.92. The Balaban J connectivity index is 2.24. The zero-order valence-corrected chi connectivity index (χ0v) is 16.4. The van der Waals surface area contributed by atoms with Crippen LogP contribution in [0.5, 0.6) is 0 Å². The van der Waals surface area contributed by atoms with Gasteiger partial charge >= 0.3 is 5.97 Å². The summed E-state index contributed by atoms with van der Waals surface area (Å²) in [6.07, 6.45) is 1.06. The predicted molar refractivity (Wildman–Crippen MR) is 104 cm³/mol. The molecule has 0 bridgehead atoms. The molecule has 0 heterocycles. The second-order valence-corrected chi connectivity index (χ2v) is 7.99. The van der Waals surface area contributed by atoms with Crippen molar-refractivity contribution in [1.29, 1.82) is 0 Å². The van der Waals surface area contributed by atoms with E-state index in [9.17, 15) is 18.0 Å². The van der Waals surface area contributed by atoms with Gasteiger partial charge in [0.15, 0.2) is 0 Å². The molecule has 7 nitrogen and oxygen atoms in total. The normalized spacial score (nSPS) is 12.1. The van der Waals surface area contributed by atoms with E-state index in [-0.39, 0.29) is 0 Å². The van der Waals surface area contributed by atoms with Crippen molar-refractivity contribution in [3.63, 3.8) is 0 Å². The van der Waals surface area contributed by atoms with Gasteiger partial charge in [-0.3, -0.25) is 9.10 Å². The van der Waals surface area contributed by atoms with Crippen molar-refractivity contribution in [3.05, 3.63) is 59.7 Å².